The lowest BCUT2D eigenvalue weighted by Gasteiger charge is -2.11. The van der Waals surface area contributed by atoms with E-state index < -0.39 is 0 Å². The highest BCUT2D eigenvalue weighted by Gasteiger charge is 2.13. The maximum absolute atomic E-state index is 6.27. The molecule has 0 aliphatic rings. The fourth-order valence-electron chi connectivity index (χ4n) is 2.56. The van der Waals surface area contributed by atoms with E-state index in [0.717, 1.165) is 33.0 Å². The average Bonchev–Trinajstić information content (AvgIpc) is 3.08. The Morgan fingerprint density at radius 1 is 1.04 bits per heavy atom. The molecule has 0 fully saturated rings. The molecule has 0 saturated carbocycles. The molecule has 25 heavy (non-hydrogen) atoms. The molecule has 0 atom stereocenters. The van der Waals surface area contributed by atoms with Gasteiger partial charge in [0.15, 0.2) is 5.82 Å². The molecule has 4 nitrogen and oxygen atoms in total. The lowest BCUT2D eigenvalue weighted by atomic mass is 10.2. The molecule has 0 unspecified atom stereocenters. The Bertz CT molecular complexity index is 1050. The van der Waals surface area contributed by atoms with Gasteiger partial charge in [0.2, 0.25) is 0 Å². The first-order valence-electron chi connectivity index (χ1n) is 7.66. The molecule has 1 N–H and O–H groups in total. The van der Waals surface area contributed by atoms with Crippen molar-refractivity contribution in [1.29, 1.82) is 0 Å². The highest BCUT2D eigenvalue weighted by Crippen LogP contribution is 2.34. The number of hydrogen-bond donors (Lipinski definition) is 1. The molecule has 0 bridgehead atoms. The van der Waals surface area contributed by atoms with Crippen molar-refractivity contribution in [3.05, 3.63) is 65.0 Å². The largest absolute Gasteiger partial charge is 0.497 e. The van der Waals surface area contributed by atoms with Crippen molar-refractivity contribution in [2.45, 2.75) is 0 Å². The third-order valence-corrected chi connectivity index (χ3v) is 5.09. The van der Waals surface area contributed by atoms with E-state index in [1.165, 1.54) is 11.3 Å². The number of fused-ring (bicyclic) bond motifs is 1. The van der Waals surface area contributed by atoms with Crippen LogP contribution in [0, 0.1) is 0 Å². The van der Waals surface area contributed by atoms with E-state index in [1.54, 1.807) is 7.11 Å². The minimum Gasteiger partial charge on any atom is -0.497 e. The van der Waals surface area contributed by atoms with Gasteiger partial charge in [-0.1, -0.05) is 29.8 Å². The lowest BCUT2D eigenvalue weighted by Crippen LogP contribution is -1.99. The number of nitrogens with one attached hydrogen (secondary N) is 1. The maximum atomic E-state index is 6.27. The number of benzene rings is 2. The number of methoxy groups -OCH3 is 1. The lowest BCUT2D eigenvalue weighted by molar-refractivity contribution is 0.415. The summed E-state index contributed by atoms with van der Waals surface area (Å²) in [7, 11) is 1.65. The Morgan fingerprint density at radius 3 is 2.72 bits per heavy atom. The quantitative estimate of drug-likeness (QED) is 0.497. The Balaban J connectivity index is 1.85. The van der Waals surface area contributed by atoms with Crippen LogP contribution in [0.5, 0.6) is 5.75 Å². The third-order valence-electron chi connectivity index (χ3n) is 3.76. The molecule has 2 aromatic heterocycles. The SMILES string of the molecule is COc1cccc(Nc2nc(-c3sccc3Cl)nc3ccccc23)c1. The molecule has 2 heterocycles. The van der Waals surface area contributed by atoms with Crippen molar-refractivity contribution in [2.24, 2.45) is 0 Å². The predicted octanol–water partition coefficient (Wildman–Crippen LogP) is 5.76. The summed E-state index contributed by atoms with van der Waals surface area (Å²) in [6, 6.07) is 17.5. The molecular formula is C19H14ClN3OS. The van der Waals surface area contributed by atoms with Crippen LogP contribution in [0.15, 0.2) is 60.0 Å². The van der Waals surface area contributed by atoms with Crippen LogP contribution >= 0.6 is 22.9 Å². The average molecular weight is 368 g/mol. The molecule has 0 aliphatic carbocycles. The van der Waals surface area contributed by atoms with Gasteiger partial charge in [0.05, 0.1) is 22.5 Å². The first-order valence-corrected chi connectivity index (χ1v) is 8.91. The summed E-state index contributed by atoms with van der Waals surface area (Å²) in [5.74, 6) is 2.13. The molecule has 124 valence electrons. The summed E-state index contributed by atoms with van der Waals surface area (Å²) in [5, 5.41) is 6.92. The zero-order valence-electron chi connectivity index (χ0n) is 13.4. The van der Waals surface area contributed by atoms with Crippen molar-refractivity contribution >= 4 is 45.3 Å². The van der Waals surface area contributed by atoms with E-state index in [1.807, 2.05) is 60.0 Å². The Labute approximate surface area is 154 Å². The maximum Gasteiger partial charge on any atom is 0.173 e. The smallest absolute Gasteiger partial charge is 0.173 e. The van der Waals surface area contributed by atoms with Crippen LogP contribution in [-0.4, -0.2) is 17.1 Å². The Hall–Kier alpha value is -2.63. The second-order valence-electron chi connectivity index (χ2n) is 5.37. The highest BCUT2D eigenvalue weighted by molar-refractivity contribution is 7.14. The first-order chi connectivity index (χ1) is 12.2. The number of ether oxygens (including phenoxy) is 1. The minimum absolute atomic E-state index is 0.615. The van der Waals surface area contributed by atoms with Crippen LogP contribution in [0.3, 0.4) is 0 Å². The molecule has 4 aromatic rings. The second kappa shape index (κ2) is 6.70. The van der Waals surface area contributed by atoms with Crippen molar-refractivity contribution in [3.8, 4) is 16.5 Å². The van der Waals surface area contributed by atoms with Gasteiger partial charge in [0, 0.05) is 17.1 Å². The van der Waals surface area contributed by atoms with Crippen LogP contribution in [0.2, 0.25) is 5.02 Å². The van der Waals surface area contributed by atoms with E-state index >= 15 is 0 Å². The van der Waals surface area contributed by atoms with Crippen LogP contribution < -0.4 is 10.1 Å². The number of rotatable bonds is 4. The monoisotopic (exact) mass is 367 g/mol. The number of hydrogen-bond acceptors (Lipinski definition) is 5. The molecule has 0 radical (unpaired) electrons. The fourth-order valence-corrected chi connectivity index (χ4v) is 3.64. The summed E-state index contributed by atoms with van der Waals surface area (Å²) < 4.78 is 5.29. The Morgan fingerprint density at radius 2 is 1.92 bits per heavy atom. The molecule has 0 spiro atoms. The zero-order valence-corrected chi connectivity index (χ0v) is 14.9. The number of anilines is 2. The van der Waals surface area contributed by atoms with Crippen LogP contribution in [-0.2, 0) is 0 Å². The van der Waals surface area contributed by atoms with Gasteiger partial charge in [-0.05, 0) is 35.7 Å². The van der Waals surface area contributed by atoms with Gasteiger partial charge in [-0.15, -0.1) is 11.3 Å². The van der Waals surface area contributed by atoms with E-state index in [2.05, 4.69) is 10.3 Å². The summed E-state index contributed by atoms with van der Waals surface area (Å²) in [6.07, 6.45) is 0. The fraction of sp³-hybridized carbons (Fsp3) is 0.0526. The molecule has 0 aliphatic heterocycles. The van der Waals surface area contributed by atoms with Crippen LogP contribution in [0.4, 0.5) is 11.5 Å². The van der Waals surface area contributed by atoms with Gasteiger partial charge in [-0.3, -0.25) is 0 Å². The summed E-state index contributed by atoms with van der Waals surface area (Å²) in [4.78, 5) is 10.2. The first kappa shape index (κ1) is 15.9. The molecule has 0 saturated heterocycles. The van der Waals surface area contributed by atoms with Gasteiger partial charge in [0.1, 0.15) is 11.6 Å². The number of halogens is 1. The Kier molecular flexibility index (Phi) is 4.26. The minimum atomic E-state index is 0.615. The number of nitrogens with zero attached hydrogens (tertiary/aromatic N) is 2. The van der Waals surface area contributed by atoms with Gasteiger partial charge in [-0.25, -0.2) is 9.97 Å². The predicted molar refractivity (Wildman–Crippen MR) is 104 cm³/mol. The summed E-state index contributed by atoms with van der Waals surface area (Å²) in [5.41, 5.74) is 1.76. The van der Waals surface area contributed by atoms with Crippen LogP contribution in [0.25, 0.3) is 21.6 Å². The summed E-state index contributed by atoms with van der Waals surface area (Å²) >= 11 is 7.80. The van der Waals surface area contributed by atoms with Crippen molar-refractivity contribution in [1.82, 2.24) is 9.97 Å². The van der Waals surface area contributed by atoms with Crippen molar-refractivity contribution in [3.63, 3.8) is 0 Å². The molecule has 0 amide bonds. The number of para-hydroxylation sites is 1. The van der Waals surface area contributed by atoms with Crippen LogP contribution in [0.1, 0.15) is 0 Å². The van der Waals surface area contributed by atoms with Crippen molar-refractivity contribution in [2.75, 3.05) is 12.4 Å². The standard InChI is InChI=1S/C19H14ClN3OS/c1-24-13-6-4-5-12(11-13)21-18-14-7-2-3-8-16(14)22-19(23-18)17-15(20)9-10-25-17/h2-11H,1H3,(H,21,22,23). The summed E-state index contributed by atoms with van der Waals surface area (Å²) in [6.45, 7) is 0. The molecular weight excluding hydrogens is 354 g/mol. The van der Waals surface area contributed by atoms with Gasteiger partial charge in [0.25, 0.3) is 0 Å². The van der Waals surface area contributed by atoms with Gasteiger partial charge >= 0.3 is 0 Å². The molecule has 4 rings (SSSR count). The van der Waals surface area contributed by atoms with Crippen molar-refractivity contribution < 1.29 is 4.74 Å². The molecule has 2 aromatic carbocycles. The molecule has 6 heteroatoms. The highest BCUT2D eigenvalue weighted by atomic mass is 35.5. The number of aromatic nitrogens is 2. The normalized spacial score (nSPS) is 10.8. The zero-order chi connectivity index (χ0) is 17.2. The third kappa shape index (κ3) is 3.16. The van der Waals surface area contributed by atoms with E-state index in [0.29, 0.717) is 10.8 Å². The van der Waals surface area contributed by atoms with E-state index in [-0.39, 0.29) is 0 Å². The van der Waals surface area contributed by atoms with Gasteiger partial charge in [-0.2, -0.15) is 0 Å². The second-order valence-corrected chi connectivity index (χ2v) is 6.69. The van der Waals surface area contributed by atoms with E-state index in [4.69, 9.17) is 21.3 Å². The number of thiophene rings is 1. The van der Waals surface area contributed by atoms with E-state index in [9.17, 15) is 0 Å². The van der Waals surface area contributed by atoms with Gasteiger partial charge < -0.3 is 10.1 Å². The topological polar surface area (TPSA) is 47.0 Å².